The number of likely N-dealkylation sites (tertiary alicyclic amines) is 1. The predicted octanol–water partition coefficient (Wildman–Crippen LogP) is 2.21. The van der Waals surface area contributed by atoms with E-state index in [1.807, 2.05) is 34.6 Å². The molecule has 32 heavy (non-hydrogen) atoms. The smallest absolute Gasteiger partial charge is 0.410 e. The summed E-state index contributed by atoms with van der Waals surface area (Å²) in [5.74, 6) is 0.298. The van der Waals surface area contributed by atoms with Crippen molar-refractivity contribution in [2.24, 2.45) is 11.8 Å². The number of carbonyl (C=O) groups excluding carboxylic acids is 2. The van der Waals surface area contributed by atoms with Gasteiger partial charge in [0.1, 0.15) is 17.6 Å². The Morgan fingerprint density at radius 1 is 1.03 bits per heavy atom. The standard InChI is InChI=1S/C23H25N3O4S.H2O/c1-2-22(27)24-20-8-10-21(11-9-20)31(29)26-14-18-12-25(13-19(18)15-26)23(28)30-16-17-6-4-3-5-7-17;/h2-11,18-19H,1,12-16H2,(H,24,27);1H2. The van der Waals surface area contributed by atoms with E-state index in [2.05, 4.69) is 11.9 Å². The van der Waals surface area contributed by atoms with Crippen molar-refractivity contribution in [3.05, 3.63) is 72.8 Å². The summed E-state index contributed by atoms with van der Waals surface area (Å²) in [6, 6.07) is 16.6. The van der Waals surface area contributed by atoms with Gasteiger partial charge in [0.15, 0.2) is 0 Å². The second kappa shape index (κ2) is 10.5. The summed E-state index contributed by atoms with van der Waals surface area (Å²) in [6.45, 7) is 6.29. The molecule has 2 aromatic rings. The Labute approximate surface area is 189 Å². The normalized spacial score (nSPS) is 20.7. The van der Waals surface area contributed by atoms with E-state index in [0.717, 1.165) is 5.56 Å². The number of rotatable bonds is 6. The molecule has 2 aliphatic heterocycles. The molecule has 0 saturated carbocycles. The van der Waals surface area contributed by atoms with Gasteiger partial charge in [-0.05, 0) is 47.7 Å². The maximum atomic E-state index is 13.0. The molecule has 0 bridgehead atoms. The lowest BCUT2D eigenvalue weighted by molar-refractivity contribution is -0.111. The van der Waals surface area contributed by atoms with Gasteiger partial charge in [-0.15, -0.1) is 0 Å². The number of benzene rings is 2. The number of ether oxygens (including phenoxy) is 1. The Hall–Kier alpha value is -3.01. The summed E-state index contributed by atoms with van der Waals surface area (Å²) in [4.78, 5) is 26.2. The van der Waals surface area contributed by atoms with Gasteiger partial charge >= 0.3 is 6.09 Å². The first-order chi connectivity index (χ1) is 15.0. The molecule has 3 atom stereocenters. The molecule has 2 fully saturated rings. The average Bonchev–Trinajstić information content (AvgIpc) is 3.38. The van der Waals surface area contributed by atoms with Crippen LogP contribution in [0.15, 0.2) is 72.1 Å². The number of hydrogen-bond donors (Lipinski definition) is 1. The van der Waals surface area contributed by atoms with Crippen molar-refractivity contribution < 1.29 is 24.0 Å². The third-order valence-corrected chi connectivity index (χ3v) is 7.10. The average molecular weight is 458 g/mol. The van der Waals surface area contributed by atoms with Crippen LogP contribution in [0.2, 0.25) is 0 Å². The Bertz CT molecular complexity index is 969. The number of carbonyl (C=O) groups is 2. The van der Waals surface area contributed by atoms with Crippen molar-refractivity contribution in [3.63, 3.8) is 0 Å². The van der Waals surface area contributed by atoms with Crippen LogP contribution in [0.1, 0.15) is 5.56 Å². The number of anilines is 1. The van der Waals surface area contributed by atoms with E-state index in [-0.39, 0.29) is 24.1 Å². The number of fused-ring (bicyclic) bond motifs is 1. The summed E-state index contributed by atoms with van der Waals surface area (Å²) < 4.78 is 20.4. The van der Waals surface area contributed by atoms with Gasteiger partial charge in [0.2, 0.25) is 5.91 Å². The van der Waals surface area contributed by atoms with Crippen molar-refractivity contribution in [1.29, 1.82) is 0 Å². The minimum Gasteiger partial charge on any atom is -0.445 e. The van der Waals surface area contributed by atoms with Gasteiger partial charge in [0.05, 0.1) is 4.90 Å². The minimum absolute atomic E-state index is 0. The monoisotopic (exact) mass is 457 g/mol. The highest BCUT2D eigenvalue weighted by atomic mass is 32.2. The van der Waals surface area contributed by atoms with Crippen LogP contribution in [0.25, 0.3) is 0 Å². The fourth-order valence-corrected chi connectivity index (χ4v) is 5.36. The van der Waals surface area contributed by atoms with Crippen LogP contribution in [0.5, 0.6) is 0 Å². The topological polar surface area (TPSA) is 110 Å². The van der Waals surface area contributed by atoms with Gasteiger partial charge in [-0.3, -0.25) is 4.79 Å². The van der Waals surface area contributed by atoms with Crippen LogP contribution in [0, 0.1) is 11.8 Å². The van der Waals surface area contributed by atoms with Crippen molar-refractivity contribution in [2.45, 2.75) is 11.5 Å². The van der Waals surface area contributed by atoms with Crippen LogP contribution < -0.4 is 5.32 Å². The zero-order valence-corrected chi connectivity index (χ0v) is 18.4. The maximum Gasteiger partial charge on any atom is 0.410 e. The lowest BCUT2D eigenvalue weighted by Gasteiger charge is -2.21. The molecule has 2 aliphatic rings. The molecule has 4 rings (SSSR count). The van der Waals surface area contributed by atoms with E-state index >= 15 is 0 Å². The second-order valence-electron chi connectivity index (χ2n) is 7.78. The first-order valence-electron chi connectivity index (χ1n) is 10.2. The number of hydrogen-bond acceptors (Lipinski definition) is 4. The first-order valence-corrected chi connectivity index (χ1v) is 11.3. The fraction of sp³-hybridized carbons (Fsp3) is 0.304. The third kappa shape index (κ3) is 5.42. The molecule has 9 heteroatoms. The molecule has 3 N–H and O–H groups in total. The van der Waals surface area contributed by atoms with Crippen molar-refractivity contribution >= 4 is 28.7 Å². The van der Waals surface area contributed by atoms with Gasteiger partial charge in [-0.1, -0.05) is 36.9 Å². The maximum absolute atomic E-state index is 13.0. The van der Waals surface area contributed by atoms with Gasteiger partial charge in [0.25, 0.3) is 0 Å². The fourth-order valence-electron chi connectivity index (χ4n) is 4.04. The molecule has 0 spiro atoms. The van der Waals surface area contributed by atoms with Crippen LogP contribution in [0.4, 0.5) is 10.5 Å². The van der Waals surface area contributed by atoms with E-state index < -0.39 is 11.0 Å². The Morgan fingerprint density at radius 3 is 2.25 bits per heavy atom. The Balaban J connectivity index is 0.00000289. The van der Waals surface area contributed by atoms with Gasteiger partial charge in [0, 0.05) is 31.9 Å². The van der Waals surface area contributed by atoms with Gasteiger partial charge < -0.3 is 20.4 Å². The van der Waals surface area contributed by atoms with E-state index in [1.165, 1.54) is 6.08 Å². The first kappa shape index (κ1) is 23.6. The molecule has 2 amide bonds. The highest BCUT2D eigenvalue weighted by molar-refractivity contribution is 7.82. The zero-order chi connectivity index (χ0) is 21.8. The Kier molecular flexibility index (Phi) is 7.79. The second-order valence-corrected chi connectivity index (χ2v) is 9.27. The highest BCUT2D eigenvalue weighted by Gasteiger charge is 2.43. The molecular weight excluding hydrogens is 430 g/mol. The predicted molar refractivity (Wildman–Crippen MR) is 122 cm³/mol. The summed E-state index contributed by atoms with van der Waals surface area (Å²) in [5.41, 5.74) is 1.60. The molecule has 0 aliphatic carbocycles. The van der Waals surface area contributed by atoms with E-state index in [1.54, 1.807) is 29.2 Å². The van der Waals surface area contributed by atoms with E-state index in [9.17, 15) is 13.8 Å². The number of nitrogens with one attached hydrogen (secondary N) is 1. The van der Waals surface area contributed by atoms with E-state index in [0.29, 0.717) is 48.6 Å². The SMILES string of the molecule is C=CC(=O)Nc1ccc(S(=O)N2CC3CN(C(=O)OCc4ccccc4)CC3C2)cc1.O. The quantitative estimate of drug-likeness (QED) is 0.671. The molecule has 2 heterocycles. The van der Waals surface area contributed by atoms with Crippen LogP contribution in [-0.4, -0.2) is 57.1 Å². The van der Waals surface area contributed by atoms with Gasteiger partial charge in [-0.2, -0.15) is 0 Å². The molecular formula is C23H27N3O5S. The van der Waals surface area contributed by atoms with Crippen molar-refractivity contribution in [1.82, 2.24) is 9.21 Å². The van der Waals surface area contributed by atoms with Crippen molar-refractivity contribution in [3.8, 4) is 0 Å². The largest absolute Gasteiger partial charge is 0.445 e. The highest BCUT2D eigenvalue weighted by Crippen LogP contribution is 2.33. The summed E-state index contributed by atoms with van der Waals surface area (Å²) in [7, 11) is -1.28. The summed E-state index contributed by atoms with van der Waals surface area (Å²) in [6.07, 6.45) is 0.915. The number of amides is 2. The van der Waals surface area contributed by atoms with E-state index in [4.69, 9.17) is 4.74 Å². The van der Waals surface area contributed by atoms with Crippen LogP contribution in [-0.2, 0) is 27.1 Å². The minimum atomic E-state index is -1.28. The zero-order valence-electron chi connectivity index (χ0n) is 17.6. The molecule has 3 unspecified atom stereocenters. The molecule has 0 aromatic heterocycles. The molecule has 2 aromatic carbocycles. The van der Waals surface area contributed by atoms with Gasteiger partial charge in [-0.25, -0.2) is 13.3 Å². The third-order valence-electron chi connectivity index (χ3n) is 5.66. The summed E-state index contributed by atoms with van der Waals surface area (Å²) in [5, 5.41) is 2.68. The lowest BCUT2D eigenvalue weighted by atomic mass is 10.0. The summed E-state index contributed by atoms with van der Waals surface area (Å²) >= 11 is 0. The number of nitrogens with zero attached hydrogens (tertiary/aromatic N) is 2. The molecule has 8 nitrogen and oxygen atoms in total. The lowest BCUT2D eigenvalue weighted by Crippen LogP contribution is -2.34. The van der Waals surface area contributed by atoms with Crippen LogP contribution in [0.3, 0.4) is 0 Å². The molecule has 170 valence electrons. The molecule has 2 saturated heterocycles. The van der Waals surface area contributed by atoms with Crippen LogP contribution >= 0.6 is 0 Å². The molecule has 0 radical (unpaired) electrons. The Morgan fingerprint density at radius 2 is 1.66 bits per heavy atom. The van der Waals surface area contributed by atoms with Crippen molar-refractivity contribution in [2.75, 3.05) is 31.5 Å².